The van der Waals surface area contributed by atoms with Crippen molar-refractivity contribution in [2.75, 3.05) is 0 Å². The number of hydrogen-bond donors (Lipinski definition) is 1. The van der Waals surface area contributed by atoms with Gasteiger partial charge in [-0.1, -0.05) is 0 Å². The van der Waals surface area contributed by atoms with E-state index in [0.717, 1.165) is 11.6 Å². The number of aryl methyl sites for hydroxylation is 1. The van der Waals surface area contributed by atoms with Gasteiger partial charge in [0, 0.05) is 18.9 Å². The molecule has 1 aromatic carbocycles. The van der Waals surface area contributed by atoms with Crippen molar-refractivity contribution in [3.8, 4) is 0 Å². The Hall–Kier alpha value is -1.79. The van der Waals surface area contributed by atoms with Gasteiger partial charge < -0.3 is 0 Å². The number of sulfonamides is 1. The molecule has 4 nitrogen and oxygen atoms in total. The van der Waals surface area contributed by atoms with Gasteiger partial charge in [0.05, 0.1) is 4.90 Å². The van der Waals surface area contributed by atoms with Crippen LogP contribution in [0.1, 0.15) is 11.1 Å². The third-order valence-corrected chi connectivity index (χ3v) is 4.05. The van der Waals surface area contributed by atoms with E-state index in [2.05, 4.69) is 9.71 Å². The molecule has 0 aliphatic rings. The molecule has 19 heavy (non-hydrogen) atoms. The van der Waals surface area contributed by atoms with Crippen molar-refractivity contribution in [2.45, 2.75) is 18.4 Å². The Labute approximate surface area is 111 Å². The fourth-order valence-corrected chi connectivity index (χ4v) is 2.65. The minimum atomic E-state index is -3.63. The molecule has 6 heteroatoms. The summed E-state index contributed by atoms with van der Waals surface area (Å²) in [6, 6.07) is 7.15. The predicted molar refractivity (Wildman–Crippen MR) is 69.4 cm³/mol. The highest BCUT2D eigenvalue weighted by molar-refractivity contribution is 7.89. The average molecular weight is 280 g/mol. The van der Waals surface area contributed by atoms with E-state index in [1.165, 1.54) is 19.1 Å². The first-order valence-electron chi connectivity index (χ1n) is 5.64. The molecule has 1 aromatic heterocycles. The van der Waals surface area contributed by atoms with Crippen molar-refractivity contribution in [3.63, 3.8) is 0 Å². The molecular weight excluding hydrogens is 267 g/mol. The maximum Gasteiger partial charge on any atom is 0.240 e. The predicted octanol–water partition coefficient (Wildman–Crippen LogP) is 2.01. The van der Waals surface area contributed by atoms with E-state index < -0.39 is 15.8 Å². The van der Waals surface area contributed by atoms with Crippen LogP contribution in [0.25, 0.3) is 0 Å². The minimum Gasteiger partial charge on any atom is -0.265 e. The molecule has 1 N–H and O–H groups in total. The number of benzene rings is 1. The lowest BCUT2D eigenvalue weighted by Gasteiger charge is -2.07. The quantitative estimate of drug-likeness (QED) is 0.932. The second-order valence-corrected chi connectivity index (χ2v) is 5.86. The zero-order chi connectivity index (χ0) is 13.9. The SMILES string of the molecule is Cc1cc(S(=O)(=O)NCc2ccncc2)ccc1F. The zero-order valence-corrected chi connectivity index (χ0v) is 11.1. The summed E-state index contributed by atoms with van der Waals surface area (Å²) in [5.41, 5.74) is 1.10. The summed E-state index contributed by atoms with van der Waals surface area (Å²) in [6.07, 6.45) is 3.18. The van der Waals surface area contributed by atoms with Gasteiger partial charge in [-0.3, -0.25) is 4.98 Å². The van der Waals surface area contributed by atoms with Crippen molar-refractivity contribution >= 4 is 10.0 Å². The van der Waals surface area contributed by atoms with E-state index in [1.54, 1.807) is 24.5 Å². The second-order valence-electron chi connectivity index (χ2n) is 4.09. The molecule has 100 valence electrons. The summed E-state index contributed by atoms with van der Waals surface area (Å²) in [5, 5.41) is 0. The first kappa shape index (κ1) is 13.6. The van der Waals surface area contributed by atoms with Gasteiger partial charge in [0.2, 0.25) is 10.0 Å². The molecule has 0 unspecified atom stereocenters. The van der Waals surface area contributed by atoms with Gasteiger partial charge >= 0.3 is 0 Å². The Morgan fingerprint density at radius 1 is 1.21 bits per heavy atom. The van der Waals surface area contributed by atoms with Crippen LogP contribution in [0.2, 0.25) is 0 Å². The van der Waals surface area contributed by atoms with E-state index in [1.807, 2.05) is 0 Å². The molecule has 0 fully saturated rings. The second kappa shape index (κ2) is 5.46. The molecule has 0 atom stereocenters. The fraction of sp³-hybridized carbons (Fsp3) is 0.154. The molecule has 0 bridgehead atoms. The van der Waals surface area contributed by atoms with Gasteiger partial charge in [0.15, 0.2) is 0 Å². The molecule has 0 radical (unpaired) electrons. The van der Waals surface area contributed by atoms with Gasteiger partial charge in [0.25, 0.3) is 0 Å². The Kier molecular flexibility index (Phi) is 3.92. The van der Waals surface area contributed by atoms with Gasteiger partial charge in [-0.05, 0) is 48.4 Å². The van der Waals surface area contributed by atoms with Crippen LogP contribution in [-0.4, -0.2) is 13.4 Å². The zero-order valence-electron chi connectivity index (χ0n) is 10.3. The van der Waals surface area contributed by atoms with Crippen molar-refractivity contribution in [2.24, 2.45) is 0 Å². The molecule has 1 heterocycles. The Balaban J connectivity index is 2.16. The molecule has 0 saturated carbocycles. The molecule has 2 aromatic rings. The average Bonchev–Trinajstić information content (AvgIpc) is 2.41. The summed E-state index contributed by atoms with van der Waals surface area (Å²) in [7, 11) is -3.63. The normalized spacial score (nSPS) is 11.5. The lowest BCUT2D eigenvalue weighted by molar-refractivity contribution is 0.579. The fourth-order valence-electron chi connectivity index (χ4n) is 1.55. The number of nitrogens with one attached hydrogen (secondary N) is 1. The topological polar surface area (TPSA) is 59.1 Å². The van der Waals surface area contributed by atoms with Crippen molar-refractivity contribution in [3.05, 3.63) is 59.7 Å². The van der Waals surface area contributed by atoms with Crippen molar-refractivity contribution in [1.82, 2.24) is 9.71 Å². The molecule has 0 aliphatic carbocycles. The molecule has 0 aliphatic heterocycles. The third-order valence-electron chi connectivity index (χ3n) is 2.66. The Bertz CT molecular complexity index is 672. The molecule has 0 amide bonds. The van der Waals surface area contributed by atoms with Crippen LogP contribution in [0.15, 0.2) is 47.6 Å². The summed E-state index contributed by atoms with van der Waals surface area (Å²) in [4.78, 5) is 3.91. The molecule has 2 rings (SSSR count). The number of nitrogens with zero attached hydrogens (tertiary/aromatic N) is 1. The van der Waals surface area contributed by atoms with Crippen molar-refractivity contribution < 1.29 is 12.8 Å². The highest BCUT2D eigenvalue weighted by atomic mass is 32.2. The largest absolute Gasteiger partial charge is 0.265 e. The maximum absolute atomic E-state index is 13.1. The third kappa shape index (κ3) is 3.36. The summed E-state index contributed by atoms with van der Waals surface area (Å²) in [5.74, 6) is -0.423. The van der Waals surface area contributed by atoms with Crippen LogP contribution in [-0.2, 0) is 16.6 Å². The van der Waals surface area contributed by atoms with E-state index in [4.69, 9.17) is 0 Å². The summed E-state index contributed by atoms with van der Waals surface area (Å²) >= 11 is 0. The maximum atomic E-state index is 13.1. The number of aromatic nitrogens is 1. The van der Waals surface area contributed by atoms with E-state index >= 15 is 0 Å². The number of rotatable bonds is 4. The van der Waals surface area contributed by atoms with Crippen LogP contribution >= 0.6 is 0 Å². The van der Waals surface area contributed by atoms with Crippen LogP contribution < -0.4 is 4.72 Å². The Morgan fingerprint density at radius 3 is 2.53 bits per heavy atom. The number of pyridine rings is 1. The summed E-state index contributed by atoms with van der Waals surface area (Å²) in [6.45, 7) is 1.69. The highest BCUT2D eigenvalue weighted by Gasteiger charge is 2.14. The van der Waals surface area contributed by atoms with Gasteiger partial charge in [-0.15, -0.1) is 0 Å². The van der Waals surface area contributed by atoms with Crippen LogP contribution in [0.4, 0.5) is 4.39 Å². The number of halogens is 1. The smallest absolute Gasteiger partial charge is 0.240 e. The first-order valence-corrected chi connectivity index (χ1v) is 7.12. The standard InChI is InChI=1S/C13H13FN2O2S/c1-10-8-12(2-3-13(10)14)19(17,18)16-9-11-4-6-15-7-5-11/h2-8,16H,9H2,1H3. The molecule has 0 spiro atoms. The van der Waals surface area contributed by atoms with E-state index in [-0.39, 0.29) is 11.4 Å². The van der Waals surface area contributed by atoms with Gasteiger partial charge in [-0.2, -0.15) is 0 Å². The molecule has 0 saturated heterocycles. The van der Waals surface area contributed by atoms with E-state index in [9.17, 15) is 12.8 Å². The van der Waals surface area contributed by atoms with Crippen molar-refractivity contribution in [1.29, 1.82) is 0 Å². The van der Waals surface area contributed by atoms with Crippen LogP contribution in [0.5, 0.6) is 0 Å². The Morgan fingerprint density at radius 2 is 1.89 bits per heavy atom. The summed E-state index contributed by atoms with van der Waals surface area (Å²) < 4.78 is 39.6. The monoisotopic (exact) mass is 280 g/mol. The molecular formula is C13H13FN2O2S. The van der Waals surface area contributed by atoms with Crippen LogP contribution in [0.3, 0.4) is 0 Å². The van der Waals surface area contributed by atoms with Gasteiger partial charge in [0.1, 0.15) is 5.82 Å². The highest BCUT2D eigenvalue weighted by Crippen LogP contribution is 2.14. The lowest BCUT2D eigenvalue weighted by atomic mass is 10.2. The lowest BCUT2D eigenvalue weighted by Crippen LogP contribution is -2.23. The number of hydrogen-bond acceptors (Lipinski definition) is 3. The van der Waals surface area contributed by atoms with E-state index in [0.29, 0.717) is 5.56 Å². The van der Waals surface area contributed by atoms with Gasteiger partial charge in [-0.25, -0.2) is 17.5 Å². The first-order chi connectivity index (χ1) is 8.99. The van der Waals surface area contributed by atoms with Crippen LogP contribution in [0, 0.1) is 12.7 Å². The minimum absolute atomic E-state index is 0.0560.